The number of halogens is 2. The number of nitrogens with zero attached hydrogens (tertiary/aromatic N) is 4. The molecule has 3 heterocycles. The summed E-state index contributed by atoms with van der Waals surface area (Å²) in [5.41, 5.74) is 6.71. The zero-order valence-electron chi connectivity index (χ0n) is 22.1. The number of pyridine rings is 2. The molecule has 0 saturated heterocycles. The summed E-state index contributed by atoms with van der Waals surface area (Å²) in [5, 5.41) is 6.06. The maximum Gasteiger partial charge on any atom is 0.216 e. The van der Waals surface area contributed by atoms with Gasteiger partial charge in [0.15, 0.2) is 6.29 Å². The molecule has 0 N–H and O–H groups in total. The van der Waals surface area contributed by atoms with Gasteiger partial charge in [0, 0.05) is 46.4 Å². The van der Waals surface area contributed by atoms with Crippen molar-refractivity contribution in [2.45, 2.75) is 26.7 Å². The summed E-state index contributed by atoms with van der Waals surface area (Å²) < 4.78 is 7.28. The highest BCUT2D eigenvalue weighted by atomic mass is 35.5. The number of aryl methyl sites for hydroxylation is 2. The monoisotopic (exact) mass is 557 g/mol. The van der Waals surface area contributed by atoms with Crippen molar-refractivity contribution >= 4 is 40.4 Å². The highest BCUT2D eigenvalue weighted by Gasteiger charge is 2.19. The highest BCUT2D eigenvalue weighted by Crippen LogP contribution is 2.42. The van der Waals surface area contributed by atoms with Gasteiger partial charge in [-0.05, 0) is 43.0 Å². The van der Waals surface area contributed by atoms with Gasteiger partial charge < -0.3 is 4.74 Å². The van der Waals surface area contributed by atoms with E-state index in [-0.39, 0.29) is 0 Å². The average molecular weight is 558 g/mol. The smallest absolute Gasteiger partial charge is 0.216 e. The Balaban J connectivity index is 1.56. The van der Waals surface area contributed by atoms with Gasteiger partial charge in [0.05, 0.1) is 34.1 Å². The Kier molecular flexibility index (Phi) is 7.69. The van der Waals surface area contributed by atoms with Gasteiger partial charge in [-0.15, -0.1) is 0 Å². The minimum atomic E-state index is 0.396. The van der Waals surface area contributed by atoms with E-state index in [1.54, 1.807) is 25.0 Å². The number of hydrogen-bond donors (Lipinski definition) is 0. The van der Waals surface area contributed by atoms with Crippen LogP contribution < -0.4 is 4.74 Å². The highest BCUT2D eigenvalue weighted by molar-refractivity contribution is 6.39. The SMILES string of the molecule is COc1nc(-c2cccc(-c3ccnc(-c4ccc5c(C=O)nn(C)c5c4)c3Cl)c2Cl)ccc1CC[C](C)C. The van der Waals surface area contributed by atoms with Crippen LogP contribution >= 0.6 is 23.2 Å². The van der Waals surface area contributed by atoms with Crippen LogP contribution in [0.3, 0.4) is 0 Å². The number of ether oxygens (including phenoxy) is 1. The van der Waals surface area contributed by atoms with Crippen molar-refractivity contribution in [2.24, 2.45) is 7.05 Å². The third-order valence-corrected chi connectivity index (χ3v) is 7.54. The third-order valence-electron chi connectivity index (χ3n) is 6.75. The number of aldehydes is 1. The summed E-state index contributed by atoms with van der Waals surface area (Å²) >= 11 is 14.0. The van der Waals surface area contributed by atoms with E-state index in [1.165, 1.54) is 5.92 Å². The molecule has 6 nitrogen and oxygen atoms in total. The van der Waals surface area contributed by atoms with E-state index in [2.05, 4.69) is 30.0 Å². The lowest BCUT2D eigenvalue weighted by molar-refractivity contribution is 0.111. The fraction of sp³-hybridized carbons (Fsp3) is 0.194. The standard InChI is InChI=1S/C31H27Cl2N4O2/c1-18(2)8-9-19-11-13-25(35-31(19)39-4)24-7-5-6-21(28(24)32)22-14-15-34-30(29(22)33)20-10-12-23-26(17-38)36-37(3)27(23)16-20/h5-7,10-17H,8-9H2,1-4H3. The molecule has 0 bridgehead atoms. The molecule has 0 aliphatic heterocycles. The molecule has 0 atom stereocenters. The molecular weight excluding hydrogens is 531 g/mol. The first kappa shape index (κ1) is 26.9. The molecule has 0 spiro atoms. The molecule has 8 heteroatoms. The normalized spacial score (nSPS) is 11.4. The minimum absolute atomic E-state index is 0.396. The first-order chi connectivity index (χ1) is 18.8. The molecule has 1 radical (unpaired) electrons. The quantitative estimate of drug-likeness (QED) is 0.180. The van der Waals surface area contributed by atoms with Crippen LogP contribution in [-0.2, 0) is 13.5 Å². The topological polar surface area (TPSA) is 69.9 Å². The fourth-order valence-corrected chi connectivity index (χ4v) is 5.33. The van der Waals surface area contributed by atoms with Gasteiger partial charge in [0.2, 0.25) is 5.88 Å². The van der Waals surface area contributed by atoms with E-state index in [1.807, 2.05) is 48.5 Å². The first-order valence-electron chi connectivity index (χ1n) is 12.5. The molecule has 0 unspecified atom stereocenters. The Morgan fingerprint density at radius 1 is 1.00 bits per heavy atom. The van der Waals surface area contributed by atoms with Crippen molar-refractivity contribution in [2.75, 3.05) is 7.11 Å². The van der Waals surface area contributed by atoms with Crippen LogP contribution in [0.15, 0.2) is 60.8 Å². The van der Waals surface area contributed by atoms with E-state index in [9.17, 15) is 4.79 Å². The van der Waals surface area contributed by atoms with Gasteiger partial charge in [-0.1, -0.05) is 67.4 Å². The average Bonchev–Trinajstić information content (AvgIpc) is 3.27. The molecule has 39 heavy (non-hydrogen) atoms. The molecule has 2 aromatic carbocycles. The number of aromatic nitrogens is 4. The van der Waals surface area contributed by atoms with Crippen LogP contribution in [0.1, 0.15) is 36.3 Å². The first-order valence-corrected chi connectivity index (χ1v) is 13.3. The van der Waals surface area contributed by atoms with Crippen molar-refractivity contribution in [1.82, 2.24) is 19.7 Å². The van der Waals surface area contributed by atoms with E-state index >= 15 is 0 Å². The van der Waals surface area contributed by atoms with Crippen molar-refractivity contribution in [3.63, 3.8) is 0 Å². The van der Waals surface area contributed by atoms with E-state index in [0.29, 0.717) is 27.3 Å². The maximum absolute atomic E-state index is 11.4. The summed E-state index contributed by atoms with van der Waals surface area (Å²) in [6.45, 7) is 4.24. The second-order valence-corrected chi connectivity index (χ2v) is 10.4. The summed E-state index contributed by atoms with van der Waals surface area (Å²) in [7, 11) is 3.44. The summed E-state index contributed by atoms with van der Waals surface area (Å²) in [4.78, 5) is 20.7. The van der Waals surface area contributed by atoms with Gasteiger partial charge in [0.1, 0.15) is 5.69 Å². The molecule has 197 valence electrons. The van der Waals surface area contributed by atoms with E-state index in [4.69, 9.17) is 32.9 Å². The summed E-state index contributed by atoms with van der Waals surface area (Å²) in [6.07, 6.45) is 4.31. The van der Waals surface area contributed by atoms with Crippen molar-refractivity contribution < 1.29 is 9.53 Å². The minimum Gasteiger partial charge on any atom is -0.481 e. The zero-order chi connectivity index (χ0) is 27.7. The Labute approximate surface area is 237 Å². The summed E-state index contributed by atoms with van der Waals surface area (Å²) in [6, 6.07) is 17.4. The second kappa shape index (κ2) is 11.2. The van der Waals surface area contributed by atoms with Crippen molar-refractivity contribution in [3.05, 3.63) is 88.0 Å². The van der Waals surface area contributed by atoms with Gasteiger partial charge in [0.25, 0.3) is 0 Å². The molecule has 3 aromatic heterocycles. The van der Waals surface area contributed by atoms with Crippen LogP contribution in [0.25, 0.3) is 44.5 Å². The molecule has 5 aromatic rings. The van der Waals surface area contributed by atoms with Crippen LogP contribution in [0, 0.1) is 5.92 Å². The Morgan fingerprint density at radius 2 is 1.77 bits per heavy atom. The van der Waals surface area contributed by atoms with Crippen molar-refractivity contribution in [3.8, 4) is 39.5 Å². The number of fused-ring (bicyclic) bond motifs is 1. The van der Waals surface area contributed by atoms with Crippen LogP contribution in [-0.4, -0.2) is 33.1 Å². The molecular formula is C31H27Cl2N4O2. The number of carbonyl (C=O) groups is 1. The van der Waals surface area contributed by atoms with Gasteiger partial charge in [-0.2, -0.15) is 5.10 Å². The number of rotatable bonds is 8. The number of benzene rings is 2. The summed E-state index contributed by atoms with van der Waals surface area (Å²) in [5.74, 6) is 1.96. The fourth-order valence-electron chi connectivity index (χ4n) is 4.68. The maximum atomic E-state index is 11.4. The van der Waals surface area contributed by atoms with Crippen LogP contribution in [0.4, 0.5) is 0 Å². The van der Waals surface area contributed by atoms with Gasteiger partial charge >= 0.3 is 0 Å². The Hall–Kier alpha value is -3.74. The molecule has 0 amide bonds. The Morgan fingerprint density at radius 3 is 2.51 bits per heavy atom. The van der Waals surface area contributed by atoms with Gasteiger partial charge in [-0.3, -0.25) is 14.5 Å². The molecule has 0 fully saturated rings. The lowest BCUT2D eigenvalue weighted by Gasteiger charge is -2.15. The van der Waals surface area contributed by atoms with Gasteiger partial charge in [-0.25, -0.2) is 4.98 Å². The van der Waals surface area contributed by atoms with Crippen LogP contribution in [0.2, 0.25) is 10.0 Å². The van der Waals surface area contributed by atoms with Crippen molar-refractivity contribution in [1.29, 1.82) is 0 Å². The number of methoxy groups -OCH3 is 1. The Bertz CT molecular complexity index is 1690. The zero-order valence-corrected chi connectivity index (χ0v) is 23.6. The third kappa shape index (κ3) is 5.14. The van der Waals surface area contributed by atoms with E-state index < -0.39 is 0 Å². The molecule has 0 aliphatic rings. The predicted molar refractivity (Wildman–Crippen MR) is 157 cm³/mol. The number of hydrogen-bond acceptors (Lipinski definition) is 5. The molecule has 0 saturated carbocycles. The molecule has 5 rings (SSSR count). The lowest BCUT2D eigenvalue weighted by Crippen LogP contribution is -1.99. The van der Waals surface area contributed by atoms with Crippen LogP contribution in [0.5, 0.6) is 5.88 Å². The predicted octanol–water partition coefficient (Wildman–Crippen LogP) is 8.04. The largest absolute Gasteiger partial charge is 0.481 e. The second-order valence-electron chi connectivity index (χ2n) is 9.62. The molecule has 0 aliphatic carbocycles. The van der Waals surface area contributed by atoms with E-state index in [0.717, 1.165) is 63.5 Å². The number of carbonyl (C=O) groups excluding carboxylic acids is 1. The lowest BCUT2D eigenvalue weighted by atomic mass is 9.98.